The van der Waals surface area contributed by atoms with E-state index in [1.54, 1.807) is 7.11 Å². The van der Waals surface area contributed by atoms with Gasteiger partial charge >= 0.3 is 0 Å². The lowest BCUT2D eigenvalue weighted by molar-refractivity contribution is -0.0304. The summed E-state index contributed by atoms with van der Waals surface area (Å²) in [5.41, 5.74) is -0.455. The average molecular weight is 130 g/mol. The fraction of sp³-hybridized carbons (Fsp3) is 1.00. The first-order chi connectivity index (χ1) is 4.23. The molecule has 1 rings (SSSR count). The molecule has 1 saturated carbocycles. The predicted octanol–water partition coefficient (Wildman–Crippen LogP) is 0.936. The molecule has 54 valence electrons. The Morgan fingerprint density at radius 2 is 2.22 bits per heavy atom. The van der Waals surface area contributed by atoms with Crippen molar-refractivity contribution in [2.24, 2.45) is 0 Å². The van der Waals surface area contributed by atoms with E-state index in [9.17, 15) is 5.11 Å². The highest BCUT2D eigenvalue weighted by Crippen LogP contribution is 2.40. The second kappa shape index (κ2) is 2.27. The molecule has 0 bridgehead atoms. The predicted molar refractivity (Wildman–Crippen MR) is 35.3 cm³/mol. The summed E-state index contributed by atoms with van der Waals surface area (Å²) in [6.45, 7) is 2.03. The maximum absolute atomic E-state index is 9.46. The standard InChI is InChI=1S/C7H14O2/c1-3-6(9-2)7(8)4-5-7/h6,8H,3-5H2,1-2H3. The quantitative estimate of drug-likeness (QED) is 0.616. The van der Waals surface area contributed by atoms with Crippen LogP contribution in [0.3, 0.4) is 0 Å². The van der Waals surface area contributed by atoms with Gasteiger partial charge in [-0.1, -0.05) is 6.92 Å². The van der Waals surface area contributed by atoms with Crippen molar-refractivity contribution in [1.29, 1.82) is 0 Å². The van der Waals surface area contributed by atoms with Gasteiger partial charge in [0.05, 0.1) is 11.7 Å². The van der Waals surface area contributed by atoms with Gasteiger partial charge in [0, 0.05) is 7.11 Å². The first-order valence-electron chi connectivity index (χ1n) is 3.48. The van der Waals surface area contributed by atoms with Crippen LogP contribution in [0.4, 0.5) is 0 Å². The van der Waals surface area contributed by atoms with Crippen molar-refractivity contribution in [3.8, 4) is 0 Å². The van der Waals surface area contributed by atoms with Crippen LogP contribution in [0.15, 0.2) is 0 Å². The minimum Gasteiger partial charge on any atom is -0.387 e. The Bertz CT molecular complexity index is 93.1. The lowest BCUT2D eigenvalue weighted by atomic mass is 10.1. The van der Waals surface area contributed by atoms with E-state index in [0.717, 1.165) is 19.3 Å². The van der Waals surface area contributed by atoms with Gasteiger partial charge in [0.25, 0.3) is 0 Å². The third kappa shape index (κ3) is 1.25. The van der Waals surface area contributed by atoms with E-state index in [4.69, 9.17) is 4.74 Å². The molecule has 1 aliphatic rings. The van der Waals surface area contributed by atoms with Crippen LogP contribution in [-0.4, -0.2) is 23.9 Å². The molecule has 0 amide bonds. The molecule has 0 saturated heterocycles. The Morgan fingerprint density at radius 3 is 2.33 bits per heavy atom. The summed E-state index contributed by atoms with van der Waals surface area (Å²) in [6.07, 6.45) is 2.81. The largest absolute Gasteiger partial charge is 0.387 e. The number of aliphatic hydroxyl groups is 1. The van der Waals surface area contributed by atoms with Crippen molar-refractivity contribution in [2.75, 3.05) is 7.11 Å². The second-order valence-electron chi connectivity index (χ2n) is 2.74. The van der Waals surface area contributed by atoms with E-state index >= 15 is 0 Å². The molecule has 2 heteroatoms. The topological polar surface area (TPSA) is 29.5 Å². The summed E-state index contributed by atoms with van der Waals surface area (Å²) in [4.78, 5) is 0. The van der Waals surface area contributed by atoms with E-state index < -0.39 is 5.60 Å². The van der Waals surface area contributed by atoms with Crippen LogP contribution in [0.2, 0.25) is 0 Å². The molecule has 0 spiro atoms. The molecule has 0 aromatic heterocycles. The number of rotatable bonds is 3. The van der Waals surface area contributed by atoms with E-state index in [2.05, 4.69) is 0 Å². The minimum absolute atomic E-state index is 0.0671. The fourth-order valence-electron chi connectivity index (χ4n) is 1.22. The molecule has 1 aliphatic carbocycles. The molecule has 1 N–H and O–H groups in total. The third-order valence-electron chi connectivity index (χ3n) is 2.02. The molecule has 1 atom stereocenters. The molecule has 0 aromatic carbocycles. The van der Waals surface area contributed by atoms with Gasteiger partial charge in [0.15, 0.2) is 0 Å². The Morgan fingerprint density at radius 1 is 1.67 bits per heavy atom. The van der Waals surface area contributed by atoms with Crippen LogP contribution in [0.25, 0.3) is 0 Å². The maximum atomic E-state index is 9.46. The summed E-state index contributed by atoms with van der Waals surface area (Å²) in [5.74, 6) is 0. The monoisotopic (exact) mass is 130 g/mol. The van der Waals surface area contributed by atoms with Gasteiger partial charge in [-0.15, -0.1) is 0 Å². The summed E-state index contributed by atoms with van der Waals surface area (Å²) >= 11 is 0. The number of methoxy groups -OCH3 is 1. The van der Waals surface area contributed by atoms with Gasteiger partial charge in [-0.25, -0.2) is 0 Å². The number of ether oxygens (including phenoxy) is 1. The normalized spacial score (nSPS) is 25.7. The molecule has 1 unspecified atom stereocenters. The zero-order chi connectivity index (χ0) is 6.91. The van der Waals surface area contributed by atoms with Crippen LogP contribution in [0, 0.1) is 0 Å². The van der Waals surface area contributed by atoms with Crippen LogP contribution in [0.5, 0.6) is 0 Å². The van der Waals surface area contributed by atoms with Crippen molar-refractivity contribution in [3.63, 3.8) is 0 Å². The van der Waals surface area contributed by atoms with Crippen molar-refractivity contribution >= 4 is 0 Å². The Kier molecular flexibility index (Phi) is 1.78. The number of hydrogen-bond donors (Lipinski definition) is 1. The lowest BCUT2D eigenvalue weighted by Crippen LogP contribution is -2.28. The molecular weight excluding hydrogens is 116 g/mol. The van der Waals surface area contributed by atoms with Crippen LogP contribution in [-0.2, 0) is 4.74 Å². The van der Waals surface area contributed by atoms with E-state index in [0.29, 0.717) is 0 Å². The van der Waals surface area contributed by atoms with E-state index in [1.165, 1.54) is 0 Å². The van der Waals surface area contributed by atoms with E-state index in [-0.39, 0.29) is 6.10 Å². The lowest BCUT2D eigenvalue weighted by Gasteiger charge is -2.18. The van der Waals surface area contributed by atoms with Crippen LogP contribution >= 0.6 is 0 Å². The summed E-state index contributed by atoms with van der Waals surface area (Å²) in [7, 11) is 1.66. The molecule has 0 radical (unpaired) electrons. The average Bonchev–Trinajstić information content (AvgIpc) is 2.52. The molecular formula is C7H14O2. The highest BCUT2D eigenvalue weighted by atomic mass is 16.5. The zero-order valence-corrected chi connectivity index (χ0v) is 6.05. The van der Waals surface area contributed by atoms with Gasteiger partial charge in [-0.3, -0.25) is 0 Å². The minimum atomic E-state index is -0.455. The Labute approximate surface area is 55.8 Å². The molecule has 0 aromatic rings. The van der Waals surface area contributed by atoms with Crippen LogP contribution in [0.1, 0.15) is 26.2 Å². The van der Waals surface area contributed by atoms with Gasteiger partial charge in [-0.2, -0.15) is 0 Å². The van der Waals surface area contributed by atoms with Gasteiger partial charge in [0.2, 0.25) is 0 Å². The smallest absolute Gasteiger partial charge is 0.0910 e. The highest BCUT2D eigenvalue weighted by molar-refractivity contribution is 4.99. The van der Waals surface area contributed by atoms with Gasteiger partial charge in [0.1, 0.15) is 0 Å². The van der Waals surface area contributed by atoms with Gasteiger partial charge in [-0.05, 0) is 19.3 Å². The summed E-state index contributed by atoms with van der Waals surface area (Å²) in [6, 6.07) is 0. The molecule has 0 aliphatic heterocycles. The SMILES string of the molecule is CCC(OC)C1(O)CC1. The van der Waals surface area contributed by atoms with Gasteiger partial charge < -0.3 is 9.84 Å². The zero-order valence-electron chi connectivity index (χ0n) is 6.05. The summed E-state index contributed by atoms with van der Waals surface area (Å²) in [5, 5.41) is 9.46. The van der Waals surface area contributed by atoms with E-state index in [1.807, 2.05) is 6.92 Å². The second-order valence-corrected chi connectivity index (χ2v) is 2.74. The first kappa shape index (κ1) is 7.03. The van der Waals surface area contributed by atoms with Crippen molar-refractivity contribution in [3.05, 3.63) is 0 Å². The maximum Gasteiger partial charge on any atom is 0.0910 e. The molecule has 9 heavy (non-hydrogen) atoms. The van der Waals surface area contributed by atoms with Crippen molar-refractivity contribution in [2.45, 2.75) is 37.9 Å². The Balaban J connectivity index is 2.37. The Hall–Kier alpha value is -0.0800. The van der Waals surface area contributed by atoms with Crippen molar-refractivity contribution in [1.82, 2.24) is 0 Å². The van der Waals surface area contributed by atoms with Crippen LogP contribution < -0.4 is 0 Å². The molecule has 1 fully saturated rings. The molecule has 0 heterocycles. The highest BCUT2D eigenvalue weighted by Gasteiger charge is 2.47. The third-order valence-corrected chi connectivity index (χ3v) is 2.02. The molecule has 2 nitrogen and oxygen atoms in total. The first-order valence-corrected chi connectivity index (χ1v) is 3.48. The fourth-order valence-corrected chi connectivity index (χ4v) is 1.22. The number of hydrogen-bond acceptors (Lipinski definition) is 2. The summed E-state index contributed by atoms with van der Waals surface area (Å²) < 4.78 is 5.08. The van der Waals surface area contributed by atoms with Crippen molar-refractivity contribution < 1.29 is 9.84 Å².